The van der Waals surface area contributed by atoms with Gasteiger partial charge in [-0.25, -0.2) is 0 Å². The normalized spacial score (nSPS) is 15.4. The molecule has 1 radical (unpaired) electrons. The van der Waals surface area contributed by atoms with Crippen LogP contribution in [0.15, 0.2) is 36.7 Å². The van der Waals surface area contributed by atoms with Gasteiger partial charge in [0, 0.05) is 24.0 Å². The Bertz CT molecular complexity index is 437. The number of hydrogen-bond acceptors (Lipinski definition) is 2. The molecule has 103 valence electrons. The molecule has 0 saturated carbocycles. The summed E-state index contributed by atoms with van der Waals surface area (Å²) in [5.41, 5.74) is 1.25. The number of unbranched alkanes of at least 4 members (excludes halogenated alkanes) is 1. The Labute approximate surface area is 121 Å². The average molecular weight is 278 g/mol. The molecule has 2 nitrogen and oxygen atoms in total. The molecule has 1 aliphatic rings. The molecule has 0 atom stereocenters. The zero-order chi connectivity index (χ0) is 13.9. The Morgan fingerprint density at radius 2 is 1.89 bits per heavy atom. The third-order valence-corrected chi connectivity index (χ3v) is 4.01. The summed E-state index contributed by atoms with van der Waals surface area (Å²) in [7, 11) is 0. The van der Waals surface area contributed by atoms with Crippen LogP contribution in [0.5, 0.6) is 0 Å². The maximum Gasteiger partial charge on any atom is 0.0901 e. The lowest BCUT2D eigenvalue weighted by Crippen LogP contribution is -2.39. The Kier molecular flexibility index (Phi) is 4.41. The van der Waals surface area contributed by atoms with Crippen LogP contribution >= 0.6 is 11.6 Å². The van der Waals surface area contributed by atoms with Crippen molar-refractivity contribution >= 4 is 11.6 Å². The minimum absolute atomic E-state index is 0.0275. The van der Waals surface area contributed by atoms with Gasteiger partial charge in [0.05, 0.1) is 12.2 Å². The minimum Gasteiger partial charge on any atom is -0.359 e. The molecule has 1 aliphatic heterocycles. The van der Waals surface area contributed by atoms with Gasteiger partial charge in [-0.15, -0.1) is 0 Å². The van der Waals surface area contributed by atoms with Crippen molar-refractivity contribution in [2.75, 3.05) is 13.2 Å². The van der Waals surface area contributed by atoms with Gasteiger partial charge in [0.2, 0.25) is 0 Å². The molecule has 2 rings (SSSR count). The van der Waals surface area contributed by atoms with Crippen molar-refractivity contribution in [1.29, 1.82) is 0 Å². The molecular formula is C16H22ClN2. The summed E-state index contributed by atoms with van der Waals surface area (Å²) in [6, 6.07) is 8.13. The predicted octanol–water partition coefficient (Wildman–Crippen LogP) is 4.24. The fourth-order valence-corrected chi connectivity index (χ4v) is 2.44. The first-order chi connectivity index (χ1) is 9.04. The van der Waals surface area contributed by atoms with Crippen LogP contribution in [-0.4, -0.2) is 23.0 Å². The van der Waals surface area contributed by atoms with Crippen molar-refractivity contribution in [1.82, 2.24) is 9.80 Å². The highest BCUT2D eigenvalue weighted by molar-refractivity contribution is 6.30. The van der Waals surface area contributed by atoms with Crippen molar-refractivity contribution in [2.45, 2.75) is 32.2 Å². The molecular weight excluding hydrogens is 256 g/mol. The fourth-order valence-electron chi connectivity index (χ4n) is 2.31. The molecule has 3 heteroatoms. The van der Waals surface area contributed by atoms with Gasteiger partial charge >= 0.3 is 0 Å². The molecule has 0 fully saturated rings. The van der Waals surface area contributed by atoms with Gasteiger partial charge in [-0.3, -0.25) is 0 Å². The minimum atomic E-state index is -0.0275. The number of hydrogen-bond donors (Lipinski definition) is 0. The van der Waals surface area contributed by atoms with Crippen molar-refractivity contribution in [3.63, 3.8) is 0 Å². The first-order valence-corrected chi connectivity index (χ1v) is 7.16. The summed E-state index contributed by atoms with van der Waals surface area (Å²) >= 11 is 5.96. The van der Waals surface area contributed by atoms with Gasteiger partial charge < -0.3 is 9.80 Å². The molecule has 1 aromatic carbocycles. The lowest BCUT2D eigenvalue weighted by molar-refractivity contribution is 0.145. The van der Waals surface area contributed by atoms with Crippen molar-refractivity contribution < 1.29 is 0 Å². The van der Waals surface area contributed by atoms with Crippen LogP contribution in [0, 0.1) is 6.92 Å². The third kappa shape index (κ3) is 3.24. The largest absolute Gasteiger partial charge is 0.359 e. The molecule has 0 saturated heterocycles. The molecule has 0 amide bonds. The maximum atomic E-state index is 5.96. The van der Waals surface area contributed by atoms with E-state index in [1.807, 2.05) is 12.1 Å². The predicted molar refractivity (Wildman–Crippen MR) is 81.6 cm³/mol. The van der Waals surface area contributed by atoms with E-state index < -0.39 is 0 Å². The topological polar surface area (TPSA) is 6.48 Å². The second-order valence-corrected chi connectivity index (χ2v) is 5.93. The van der Waals surface area contributed by atoms with Gasteiger partial charge in [-0.1, -0.05) is 37.1 Å². The van der Waals surface area contributed by atoms with E-state index in [1.165, 1.54) is 5.56 Å². The SMILES string of the molecule is [CH2]CCCN1C=CN(C(C)(C)c2ccc(Cl)cc2)C1. The van der Waals surface area contributed by atoms with Crippen molar-refractivity contribution in [3.05, 3.63) is 54.2 Å². The zero-order valence-corrected chi connectivity index (χ0v) is 12.5. The maximum absolute atomic E-state index is 5.96. The van der Waals surface area contributed by atoms with Crippen LogP contribution < -0.4 is 0 Å². The number of halogens is 1. The van der Waals surface area contributed by atoms with E-state index >= 15 is 0 Å². The van der Waals surface area contributed by atoms with E-state index in [-0.39, 0.29) is 5.54 Å². The van der Waals surface area contributed by atoms with E-state index in [4.69, 9.17) is 11.6 Å². The van der Waals surface area contributed by atoms with Gasteiger partial charge in [0.15, 0.2) is 0 Å². The summed E-state index contributed by atoms with van der Waals surface area (Å²) < 4.78 is 0. The zero-order valence-electron chi connectivity index (χ0n) is 11.8. The van der Waals surface area contributed by atoms with Crippen LogP contribution in [0.4, 0.5) is 0 Å². The van der Waals surface area contributed by atoms with Gasteiger partial charge in [0.25, 0.3) is 0 Å². The molecule has 1 aromatic rings. The first kappa shape index (κ1) is 14.3. The van der Waals surface area contributed by atoms with Crippen LogP contribution in [0.1, 0.15) is 32.3 Å². The lowest BCUT2D eigenvalue weighted by atomic mass is 9.93. The molecule has 0 aromatic heterocycles. The summed E-state index contributed by atoms with van der Waals surface area (Å²) in [5.74, 6) is 0. The Morgan fingerprint density at radius 3 is 2.53 bits per heavy atom. The second-order valence-electron chi connectivity index (χ2n) is 5.49. The molecule has 19 heavy (non-hydrogen) atoms. The van der Waals surface area contributed by atoms with Gasteiger partial charge in [-0.05, 0) is 38.0 Å². The van der Waals surface area contributed by atoms with Crippen molar-refractivity contribution in [3.8, 4) is 0 Å². The van der Waals surface area contributed by atoms with E-state index in [0.717, 1.165) is 31.1 Å². The number of nitrogens with zero attached hydrogens (tertiary/aromatic N) is 2. The van der Waals surface area contributed by atoms with Gasteiger partial charge in [0.1, 0.15) is 0 Å². The smallest absolute Gasteiger partial charge is 0.0901 e. The number of benzene rings is 1. The highest BCUT2D eigenvalue weighted by Crippen LogP contribution is 2.31. The highest BCUT2D eigenvalue weighted by atomic mass is 35.5. The van der Waals surface area contributed by atoms with Crippen LogP contribution in [0.3, 0.4) is 0 Å². The standard InChI is InChI=1S/C16H22ClN2/c1-4-5-10-18-11-12-19(13-18)16(2,3)14-6-8-15(17)9-7-14/h6-9,11-12H,1,4-5,10,13H2,2-3H3. The molecule has 0 spiro atoms. The molecule has 0 bridgehead atoms. The van der Waals surface area contributed by atoms with Crippen LogP contribution in [0.25, 0.3) is 0 Å². The second kappa shape index (κ2) is 5.87. The first-order valence-electron chi connectivity index (χ1n) is 6.78. The lowest BCUT2D eigenvalue weighted by Gasteiger charge is -2.37. The van der Waals surface area contributed by atoms with E-state index in [0.29, 0.717) is 0 Å². The average Bonchev–Trinajstić information content (AvgIpc) is 2.86. The van der Waals surface area contributed by atoms with E-state index in [2.05, 4.69) is 55.1 Å². The van der Waals surface area contributed by atoms with Crippen LogP contribution in [0.2, 0.25) is 5.02 Å². The Hall–Kier alpha value is -1.15. The quantitative estimate of drug-likeness (QED) is 0.794. The van der Waals surface area contributed by atoms with Crippen LogP contribution in [-0.2, 0) is 5.54 Å². The molecule has 0 unspecified atom stereocenters. The fraction of sp³-hybridized carbons (Fsp3) is 0.438. The van der Waals surface area contributed by atoms with E-state index in [9.17, 15) is 0 Å². The summed E-state index contributed by atoms with van der Waals surface area (Å²) in [6.07, 6.45) is 6.48. The van der Waals surface area contributed by atoms with E-state index in [1.54, 1.807) is 0 Å². The Balaban J connectivity index is 2.05. The van der Waals surface area contributed by atoms with Gasteiger partial charge in [-0.2, -0.15) is 0 Å². The van der Waals surface area contributed by atoms with Crippen molar-refractivity contribution in [2.24, 2.45) is 0 Å². The monoisotopic (exact) mass is 277 g/mol. The number of rotatable bonds is 5. The molecule has 0 aliphatic carbocycles. The molecule has 1 heterocycles. The summed E-state index contributed by atoms with van der Waals surface area (Å²) in [4.78, 5) is 4.70. The third-order valence-electron chi connectivity index (χ3n) is 3.76. The molecule has 0 N–H and O–H groups in total. The summed E-state index contributed by atoms with van der Waals surface area (Å²) in [5, 5.41) is 0.786. The Morgan fingerprint density at radius 1 is 1.21 bits per heavy atom. The highest BCUT2D eigenvalue weighted by Gasteiger charge is 2.29. The summed E-state index contributed by atoms with van der Waals surface area (Å²) in [6.45, 7) is 10.4.